The second-order valence-electron chi connectivity index (χ2n) is 4.07. The lowest BCUT2D eigenvalue weighted by Crippen LogP contribution is -2.24. The van der Waals surface area contributed by atoms with Gasteiger partial charge in [0.25, 0.3) is 0 Å². The van der Waals surface area contributed by atoms with Gasteiger partial charge in [-0.15, -0.1) is 0 Å². The number of aromatic hydroxyl groups is 1. The molecule has 7 heteroatoms. The Bertz CT molecular complexity index is 715. The van der Waals surface area contributed by atoms with Crippen LogP contribution < -0.4 is 4.72 Å². The topological polar surface area (TPSA) is 66.4 Å². The highest BCUT2D eigenvalue weighted by Crippen LogP contribution is 2.16. The fourth-order valence-electron chi connectivity index (χ4n) is 1.55. The van der Waals surface area contributed by atoms with Gasteiger partial charge < -0.3 is 5.11 Å². The van der Waals surface area contributed by atoms with Gasteiger partial charge >= 0.3 is 0 Å². The maximum absolute atomic E-state index is 13.4. The lowest BCUT2D eigenvalue weighted by Gasteiger charge is -2.08. The molecular weight excluding hydrogens is 288 g/mol. The van der Waals surface area contributed by atoms with Crippen molar-refractivity contribution in [3.05, 3.63) is 59.7 Å². The van der Waals surface area contributed by atoms with Crippen LogP contribution in [-0.2, 0) is 16.6 Å². The van der Waals surface area contributed by atoms with Crippen molar-refractivity contribution in [3.63, 3.8) is 0 Å². The van der Waals surface area contributed by atoms with Gasteiger partial charge in [0.15, 0.2) is 0 Å². The van der Waals surface area contributed by atoms with Crippen molar-refractivity contribution in [1.29, 1.82) is 0 Å². The smallest absolute Gasteiger partial charge is 0.243 e. The van der Waals surface area contributed by atoms with Crippen LogP contribution in [0.3, 0.4) is 0 Å². The standard InChI is InChI=1S/C13H11F2NO3S/c14-10-3-6-12(15)13(7-10)20(18,19)16-8-9-1-4-11(17)5-2-9/h1-7,16-17H,8H2. The van der Waals surface area contributed by atoms with Gasteiger partial charge in [-0.3, -0.25) is 0 Å². The molecule has 2 aromatic carbocycles. The molecule has 0 bridgehead atoms. The van der Waals surface area contributed by atoms with Crippen molar-refractivity contribution in [1.82, 2.24) is 4.72 Å². The van der Waals surface area contributed by atoms with E-state index >= 15 is 0 Å². The molecule has 0 aliphatic rings. The van der Waals surface area contributed by atoms with Gasteiger partial charge in [0, 0.05) is 6.54 Å². The number of benzene rings is 2. The number of nitrogens with one attached hydrogen (secondary N) is 1. The van der Waals surface area contributed by atoms with Gasteiger partial charge in [-0.05, 0) is 35.9 Å². The van der Waals surface area contributed by atoms with Gasteiger partial charge in [0.1, 0.15) is 22.3 Å². The highest BCUT2D eigenvalue weighted by molar-refractivity contribution is 7.89. The molecule has 0 atom stereocenters. The Labute approximate surface area is 114 Å². The molecule has 106 valence electrons. The van der Waals surface area contributed by atoms with Crippen LogP contribution in [0.25, 0.3) is 0 Å². The summed E-state index contributed by atoms with van der Waals surface area (Å²) in [5.74, 6) is -1.81. The third-order valence-electron chi connectivity index (χ3n) is 2.59. The lowest BCUT2D eigenvalue weighted by atomic mass is 10.2. The number of hydrogen-bond donors (Lipinski definition) is 2. The fourth-order valence-corrected chi connectivity index (χ4v) is 2.66. The molecule has 0 aliphatic heterocycles. The molecule has 0 fully saturated rings. The van der Waals surface area contributed by atoms with Crippen molar-refractivity contribution in [2.75, 3.05) is 0 Å². The second-order valence-corrected chi connectivity index (χ2v) is 5.80. The summed E-state index contributed by atoms with van der Waals surface area (Å²) in [6.07, 6.45) is 0. The molecule has 0 aliphatic carbocycles. The zero-order valence-corrected chi connectivity index (χ0v) is 11.0. The van der Waals surface area contributed by atoms with Crippen LogP contribution in [0, 0.1) is 11.6 Å². The van der Waals surface area contributed by atoms with Crippen molar-refractivity contribution in [2.45, 2.75) is 11.4 Å². The van der Waals surface area contributed by atoms with E-state index in [9.17, 15) is 17.2 Å². The SMILES string of the molecule is O=S(=O)(NCc1ccc(O)cc1)c1cc(F)ccc1F. The van der Waals surface area contributed by atoms with E-state index in [0.29, 0.717) is 11.6 Å². The number of phenolic OH excluding ortho intramolecular Hbond substituents is 1. The molecule has 4 nitrogen and oxygen atoms in total. The van der Waals surface area contributed by atoms with Crippen LogP contribution in [0.2, 0.25) is 0 Å². The van der Waals surface area contributed by atoms with Gasteiger partial charge in [0.05, 0.1) is 0 Å². The summed E-state index contributed by atoms with van der Waals surface area (Å²) in [6, 6.07) is 8.03. The maximum atomic E-state index is 13.4. The van der Waals surface area contributed by atoms with E-state index in [2.05, 4.69) is 4.72 Å². The summed E-state index contributed by atoms with van der Waals surface area (Å²) in [5, 5.41) is 9.10. The third-order valence-corrected chi connectivity index (χ3v) is 4.00. The van der Waals surface area contributed by atoms with Crippen LogP contribution in [-0.4, -0.2) is 13.5 Å². The minimum atomic E-state index is -4.15. The minimum Gasteiger partial charge on any atom is -0.508 e. The van der Waals surface area contributed by atoms with Gasteiger partial charge in [-0.2, -0.15) is 0 Å². The Kier molecular flexibility index (Phi) is 4.01. The molecule has 0 heterocycles. The summed E-state index contributed by atoms with van der Waals surface area (Å²) in [5.41, 5.74) is 0.572. The van der Waals surface area contributed by atoms with Crippen molar-refractivity contribution >= 4 is 10.0 Å². The van der Waals surface area contributed by atoms with Crippen LogP contribution in [0.1, 0.15) is 5.56 Å². The van der Waals surface area contributed by atoms with Crippen LogP contribution in [0.4, 0.5) is 8.78 Å². The first-order valence-corrected chi connectivity index (χ1v) is 7.09. The summed E-state index contributed by atoms with van der Waals surface area (Å²) in [7, 11) is -4.15. The molecule has 2 N–H and O–H groups in total. The fraction of sp³-hybridized carbons (Fsp3) is 0.0769. The van der Waals surface area contributed by atoms with Crippen molar-refractivity contribution in [2.24, 2.45) is 0 Å². The molecular formula is C13H11F2NO3S. The molecule has 0 aromatic heterocycles. The summed E-state index contributed by atoms with van der Waals surface area (Å²) < 4.78 is 52.3. The first-order valence-electron chi connectivity index (χ1n) is 5.61. The number of halogens is 2. The van der Waals surface area contributed by atoms with Crippen molar-refractivity contribution < 1.29 is 22.3 Å². The van der Waals surface area contributed by atoms with E-state index in [0.717, 1.165) is 12.1 Å². The van der Waals surface area contributed by atoms with E-state index in [1.54, 1.807) is 0 Å². The Morgan fingerprint density at radius 1 is 1.05 bits per heavy atom. The normalized spacial score (nSPS) is 11.5. The molecule has 0 saturated carbocycles. The van der Waals surface area contributed by atoms with Crippen LogP contribution in [0.15, 0.2) is 47.4 Å². The Hall–Kier alpha value is -1.99. The first kappa shape index (κ1) is 14.4. The minimum absolute atomic E-state index is 0.0489. The zero-order valence-electron chi connectivity index (χ0n) is 10.2. The summed E-state index contributed by atoms with van der Waals surface area (Å²) in [6.45, 7) is -0.0986. The van der Waals surface area contributed by atoms with Gasteiger partial charge in [-0.1, -0.05) is 12.1 Å². The number of sulfonamides is 1. The Balaban J connectivity index is 2.19. The maximum Gasteiger partial charge on any atom is 0.243 e. The van der Waals surface area contributed by atoms with Crippen LogP contribution in [0.5, 0.6) is 5.75 Å². The molecule has 2 rings (SSSR count). The molecule has 0 amide bonds. The number of hydrogen-bond acceptors (Lipinski definition) is 3. The molecule has 0 spiro atoms. The van der Waals surface area contributed by atoms with E-state index in [-0.39, 0.29) is 12.3 Å². The number of phenols is 1. The number of rotatable bonds is 4. The third kappa shape index (κ3) is 3.31. The molecule has 0 radical (unpaired) electrons. The average Bonchev–Trinajstić information content (AvgIpc) is 2.41. The average molecular weight is 299 g/mol. The molecule has 2 aromatic rings. The highest BCUT2D eigenvalue weighted by Gasteiger charge is 2.19. The quantitative estimate of drug-likeness (QED) is 0.909. The van der Waals surface area contributed by atoms with E-state index in [4.69, 9.17) is 5.11 Å². The Morgan fingerprint density at radius 3 is 2.35 bits per heavy atom. The van der Waals surface area contributed by atoms with Gasteiger partial charge in [-0.25, -0.2) is 21.9 Å². The van der Waals surface area contributed by atoms with E-state index in [1.165, 1.54) is 24.3 Å². The summed E-state index contributed by atoms with van der Waals surface area (Å²) >= 11 is 0. The first-order chi connectivity index (χ1) is 9.38. The van der Waals surface area contributed by atoms with Gasteiger partial charge in [0.2, 0.25) is 10.0 Å². The highest BCUT2D eigenvalue weighted by atomic mass is 32.2. The summed E-state index contributed by atoms with van der Waals surface area (Å²) in [4.78, 5) is -0.740. The van der Waals surface area contributed by atoms with E-state index in [1.807, 2.05) is 0 Å². The van der Waals surface area contributed by atoms with Crippen LogP contribution >= 0.6 is 0 Å². The Morgan fingerprint density at radius 2 is 1.70 bits per heavy atom. The molecule has 0 saturated heterocycles. The molecule has 20 heavy (non-hydrogen) atoms. The largest absolute Gasteiger partial charge is 0.508 e. The van der Waals surface area contributed by atoms with E-state index < -0.39 is 26.6 Å². The lowest BCUT2D eigenvalue weighted by molar-refractivity contribution is 0.475. The zero-order chi connectivity index (χ0) is 14.8. The molecule has 0 unspecified atom stereocenters. The van der Waals surface area contributed by atoms with Crippen molar-refractivity contribution in [3.8, 4) is 5.75 Å². The predicted molar refractivity (Wildman–Crippen MR) is 68.5 cm³/mol. The second kappa shape index (κ2) is 5.56. The monoisotopic (exact) mass is 299 g/mol. The predicted octanol–water partition coefficient (Wildman–Crippen LogP) is 2.15.